The van der Waals surface area contributed by atoms with E-state index in [-0.39, 0.29) is 17.7 Å². The molecule has 0 aliphatic carbocycles. The van der Waals surface area contributed by atoms with Gasteiger partial charge in [0.05, 0.1) is 12.2 Å². The summed E-state index contributed by atoms with van der Waals surface area (Å²) in [6, 6.07) is 0. The molecule has 1 aromatic heterocycles. The Balaban J connectivity index is 1.57. The Morgan fingerprint density at radius 3 is 2.64 bits per heavy atom. The fraction of sp³-hybridized carbons (Fsp3) is 0.667. The van der Waals surface area contributed by atoms with E-state index in [1.54, 1.807) is 0 Å². The van der Waals surface area contributed by atoms with Crippen molar-refractivity contribution in [2.24, 2.45) is 11.7 Å². The molecule has 0 aromatic carbocycles. The van der Waals surface area contributed by atoms with E-state index in [0.717, 1.165) is 24.5 Å². The van der Waals surface area contributed by atoms with Gasteiger partial charge in [-0.2, -0.15) is 0 Å². The summed E-state index contributed by atoms with van der Waals surface area (Å²) in [5.74, 6) is 0.955. The summed E-state index contributed by atoms with van der Waals surface area (Å²) in [5, 5.41) is 0. The summed E-state index contributed by atoms with van der Waals surface area (Å²) in [6.45, 7) is 7.36. The summed E-state index contributed by atoms with van der Waals surface area (Å²) in [6.07, 6.45) is 4.17. The molecule has 0 radical (unpaired) electrons. The van der Waals surface area contributed by atoms with Gasteiger partial charge in [-0.3, -0.25) is 14.5 Å². The van der Waals surface area contributed by atoms with Gasteiger partial charge >= 0.3 is 0 Å². The predicted molar refractivity (Wildman–Crippen MR) is 93.6 cm³/mol. The zero-order valence-corrected chi connectivity index (χ0v) is 15.1. The molecule has 0 bridgehead atoms. The predicted octanol–water partition coefficient (Wildman–Crippen LogP) is 0.682. The minimum atomic E-state index is -0.250. The molecule has 0 atom stereocenters. The molecule has 2 aliphatic heterocycles. The third-order valence-electron chi connectivity index (χ3n) is 5.17. The number of amides is 2. The first-order valence-corrected chi connectivity index (χ1v) is 9.08. The third kappa shape index (κ3) is 4.15. The van der Waals surface area contributed by atoms with Crippen molar-refractivity contribution in [1.82, 2.24) is 19.8 Å². The average Bonchev–Trinajstić information content (AvgIpc) is 2.61. The summed E-state index contributed by atoms with van der Waals surface area (Å²) in [4.78, 5) is 36.9. The van der Waals surface area contributed by atoms with E-state index in [4.69, 9.17) is 5.73 Å². The van der Waals surface area contributed by atoms with Crippen LogP contribution in [-0.2, 0) is 22.6 Å². The fourth-order valence-corrected chi connectivity index (χ4v) is 3.49. The van der Waals surface area contributed by atoms with Crippen LogP contribution in [0, 0.1) is 5.92 Å². The van der Waals surface area contributed by atoms with Crippen LogP contribution in [0.15, 0.2) is 6.20 Å². The number of fused-ring (bicyclic) bond motifs is 1. The maximum atomic E-state index is 12.6. The second-order valence-electron chi connectivity index (χ2n) is 7.37. The number of carbonyl (C=O) groups is 2. The Kier molecular flexibility index (Phi) is 5.32. The molecule has 7 nitrogen and oxygen atoms in total. The van der Waals surface area contributed by atoms with Gasteiger partial charge in [-0.25, -0.2) is 9.97 Å². The van der Waals surface area contributed by atoms with Gasteiger partial charge in [-0.05, 0) is 24.8 Å². The van der Waals surface area contributed by atoms with Gasteiger partial charge in [-0.1, -0.05) is 13.8 Å². The lowest BCUT2D eigenvalue weighted by molar-refractivity contribution is -0.136. The van der Waals surface area contributed by atoms with Gasteiger partial charge in [0.25, 0.3) is 0 Å². The average molecular weight is 345 g/mol. The number of hydrogen-bond donors (Lipinski definition) is 1. The standard InChI is InChI=1S/C18H27N5O2/c1-12(2)18-20-9-14-3-6-22(10-15(14)21-18)11-16(24)23-7-4-13(5-8-23)17(19)25/h9,12-13H,3-8,10-11H2,1-2H3,(H2,19,25). The van der Waals surface area contributed by atoms with Crippen LogP contribution in [-0.4, -0.2) is 57.8 Å². The van der Waals surface area contributed by atoms with Crippen LogP contribution < -0.4 is 5.73 Å². The van der Waals surface area contributed by atoms with E-state index in [9.17, 15) is 9.59 Å². The Morgan fingerprint density at radius 2 is 2.00 bits per heavy atom. The van der Waals surface area contributed by atoms with E-state index >= 15 is 0 Å². The maximum absolute atomic E-state index is 12.6. The van der Waals surface area contributed by atoms with Crippen LogP contribution in [0.25, 0.3) is 0 Å². The number of piperidine rings is 1. The zero-order valence-electron chi connectivity index (χ0n) is 15.1. The van der Waals surface area contributed by atoms with Crippen molar-refractivity contribution in [3.63, 3.8) is 0 Å². The number of rotatable bonds is 4. The summed E-state index contributed by atoms with van der Waals surface area (Å²) in [5.41, 5.74) is 7.59. The molecule has 3 rings (SSSR count). The number of primary amides is 1. The molecule has 0 unspecified atom stereocenters. The molecule has 0 saturated carbocycles. The summed E-state index contributed by atoms with van der Waals surface area (Å²) >= 11 is 0. The Morgan fingerprint density at radius 1 is 1.28 bits per heavy atom. The van der Waals surface area contributed by atoms with Crippen LogP contribution in [0.4, 0.5) is 0 Å². The number of carbonyl (C=O) groups excluding carboxylic acids is 2. The minimum absolute atomic E-state index is 0.0860. The number of nitrogens with two attached hydrogens (primary N) is 1. The fourth-order valence-electron chi connectivity index (χ4n) is 3.49. The van der Waals surface area contributed by atoms with Gasteiger partial charge < -0.3 is 10.6 Å². The van der Waals surface area contributed by atoms with E-state index in [0.29, 0.717) is 44.9 Å². The van der Waals surface area contributed by atoms with E-state index in [2.05, 4.69) is 28.7 Å². The highest BCUT2D eigenvalue weighted by Gasteiger charge is 2.28. The van der Waals surface area contributed by atoms with Crippen molar-refractivity contribution in [3.05, 3.63) is 23.3 Å². The lowest BCUT2D eigenvalue weighted by atomic mass is 9.96. The van der Waals surface area contributed by atoms with E-state index < -0.39 is 0 Å². The number of nitrogens with zero attached hydrogens (tertiary/aromatic N) is 4. The maximum Gasteiger partial charge on any atom is 0.236 e. The lowest BCUT2D eigenvalue weighted by Gasteiger charge is -2.33. The molecule has 136 valence electrons. The summed E-state index contributed by atoms with van der Waals surface area (Å²) in [7, 11) is 0. The normalized spacial score (nSPS) is 19.1. The van der Waals surface area contributed by atoms with Gasteiger partial charge in [0.1, 0.15) is 5.82 Å². The molecule has 25 heavy (non-hydrogen) atoms. The monoisotopic (exact) mass is 345 g/mol. The van der Waals surface area contributed by atoms with Crippen LogP contribution >= 0.6 is 0 Å². The first-order chi connectivity index (χ1) is 11.9. The quantitative estimate of drug-likeness (QED) is 0.866. The Labute approximate surface area is 148 Å². The van der Waals surface area contributed by atoms with Crippen LogP contribution in [0.1, 0.15) is 49.7 Å². The highest BCUT2D eigenvalue weighted by molar-refractivity contribution is 5.80. The second-order valence-corrected chi connectivity index (χ2v) is 7.37. The zero-order chi connectivity index (χ0) is 18.0. The molecule has 2 N–H and O–H groups in total. The van der Waals surface area contributed by atoms with E-state index in [1.807, 2.05) is 11.1 Å². The van der Waals surface area contributed by atoms with Gasteiger partial charge in [-0.15, -0.1) is 0 Å². The van der Waals surface area contributed by atoms with Gasteiger partial charge in [0, 0.05) is 44.2 Å². The molecular formula is C18H27N5O2. The van der Waals surface area contributed by atoms with Crippen molar-refractivity contribution in [3.8, 4) is 0 Å². The van der Waals surface area contributed by atoms with Crippen molar-refractivity contribution >= 4 is 11.8 Å². The molecule has 2 aliphatic rings. The van der Waals surface area contributed by atoms with Crippen LogP contribution in [0.2, 0.25) is 0 Å². The molecule has 1 aromatic rings. The smallest absolute Gasteiger partial charge is 0.236 e. The molecule has 1 fully saturated rings. The highest BCUT2D eigenvalue weighted by Crippen LogP contribution is 2.20. The molecule has 7 heteroatoms. The highest BCUT2D eigenvalue weighted by atomic mass is 16.2. The van der Waals surface area contributed by atoms with Crippen LogP contribution in [0.5, 0.6) is 0 Å². The minimum Gasteiger partial charge on any atom is -0.369 e. The number of hydrogen-bond acceptors (Lipinski definition) is 5. The second kappa shape index (κ2) is 7.47. The first kappa shape index (κ1) is 17.8. The largest absolute Gasteiger partial charge is 0.369 e. The number of aromatic nitrogens is 2. The topological polar surface area (TPSA) is 92.4 Å². The lowest BCUT2D eigenvalue weighted by Crippen LogP contribution is -2.46. The van der Waals surface area contributed by atoms with Gasteiger partial charge in [0.15, 0.2) is 0 Å². The first-order valence-electron chi connectivity index (χ1n) is 9.08. The Bertz CT molecular complexity index is 653. The van der Waals surface area contributed by atoms with Crippen molar-refractivity contribution in [2.45, 2.75) is 45.6 Å². The Hall–Kier alpha value is -2.02. The SMILES string of the molecule is CC(C)c1ncc2c(n1)CN(CC(=O)N1CCC(C(N)=O)CC1)CC2. The van der Waals surface area contributed by atoms with Crippen LogP contribution in [0.3, 0.4) is 0 Å². The van der Waals surface area contributed by atoms with Crippen molar-refractivity contribution < 1.29 is 9.59 Å². The number of likely N-dealkylation sites (tertiary alicyclic amines) is 1. The van der Waals surface area contributed by atoms with Crippen molar-refractivity contribution in [1.29, 1.82) is 0 Å². The molecule has 3 heterocycles. The molecule has 0 spiro atoms. The third-order valence-corrected chi connectivity index (χ3v) is 5.17. The molecular weight excluding hydrogens is 318 g/mol. The van der Waals surface area contributed by atoms with Gasteiger partial charge in [0.2, 0.25) is 11.8 Å². The van der Waals surface area contributed by atoms with E-state index in [1.165, 1.54) is 5.56 Å². The molecule has 2 amide bonds. The molecule has 1 saturated heterocycles. The summed E-state index contributed by atoms with van der Waals surface area (Å²) < 4.78 is 0. The van der Waals surface area contributed by atoms with Crippen molar-refractivity contribution in [2.75, 3.05) is 26.2 Å².